The lowest BCUT2D eigenvalue weighted by Crippen LogP contribution is -2.46. The number of amides is 1. The summed E-state index contributed by atoms with van der Waals surface area (Å²) in [6.07, 6.45) is 2.83. The average Bonchev–Trinajstić information content (AvgIpc) is 2.84. The number of aliphatic hydroxyl groups is 2. The molecule has 1 aliphatic carbocycles. The molecule has 3 N–H and O–H groups in total. The molecule has 34 heavy (non-hydrogen) atoms. The third-order valence-electron chi connectivity index (χ3n) is 6.82. The number of hydrogen-bond donors (Lipinski definition) is 3. The fourth-order valence-corrected chi connectivity index (χ4v) is 6.36. The lowest BCUT2D eigenvalue weighted by atomic mass is 9.86. The number of nitrogens with one attached hydrogen (secondary N) is 1. The van der Waals surface area contributed by atoms with Gasteiger partial charge in [-0.05, 0) is 74.0 Å². The number of nitrogens with zero attached hydrogens (tertiary/aromatic N) is 1. The van der Waals surface area contributed by atoms with Crippen LogP contribution < -0.4 is 5.32 Å². The maximum absolute atomic E-state index is 12.7. The van der Waals surface area contributed by atoms with Crippen LogP contribution in [0.3, 0.4) is 0 Å². The summed E-state index contributed by atoms with van der Waals surface area (Å²) in [5, 5.41) is 23.5. The number of carbonyl (C=O) groups excluding carboxylic acids is 1. The van der Waals surface area contributed by atoms with Gasteiger partial charge < -0.3 is 15.5 Å². The molecule has 184 valence electrons. The minimum absolute atomic E-state index is 0.0447. The van der Waals surface area contributed by atoms with Gasteiger partial charge in [-0.1, -0.05) is 42.8 Å². The molecule has 2 aromatic rings. The van der Waals surface area contributed by atoms with Crippen molar-refractivity contribution in [2.45, 2.75) is 68.2 Å². The zero-order valence-electron chi connectivity index (χ0n) is 19.4. The van der Waals surface area contributed by atoms with Crippen LogP contribution in [0.15, 0.2) is 53.4 Å². The third kappa shape index (κ3) is 6.05. The standard InChI is InChI=1S/C26H34N2O5S/c29-24(18-34(32,33)21-9-3-1-4-10-21)25(30)26(31)27-23-11-7-8-20-16-19(12-13-22(20)23)17-28-14-5-2-6-15-28/h1,3-4,9-10,12-13,16,23-25,29-30H,2,5-8,11,14-15,17-18H2,(H,27,31)/t23-,24-,25-/m1/s1. The van der Waals surface area contributed by atoms with E-state index in [-0.39, 0.29) is 10.9 Å². The van der Waals surface area contributed by atoms with Crippen LogP contribution in [0.4, 0.5) is 0 Å². The summed E-state index contributed by atoms with van der Waals surface area (Å²) >= 11 is 0. The number of hydrogen-bond acceptors (Lipinski definition) is 6. The average molecular weight is 487 g/mol. The first-order valence-electron chi connectivity index (χ1n) is 12.1. The van der Waals surface area contributed by atoms with Gasteiger partial charge in [-0.25, -0.2) is 8.42 Å². The minimum atomic E-state index is -3.83. The molecule has 1 heterocycles. The van der Waals surface area contributed by atoms with Crippen molar-refractivity contribution < 1.29 is 23.4 Å². The van der Waals surface area contributed by atoms with Crippen LogP contribution in [0.1, 0.15) is 54.8 Å². The lowest BCUT2D eigenvalue weighted by molar-refractivity contribution is -0.135. The number of aryl methyl sites for hydroxylation is 1. The maximum atomic E-state index is 12.7. The molecule has 0 spiro atoms. The van der Waals surface area contributed by atoms with Crippen LogP contribution in [0, 0.1) is 0 Å². The lowest BCUT2D eigenvalue weighted by Gasteiger charge is -2.30. The van der Waals surface area contributed by atoms with Gasteiger partial charge in [0.25, 0.3) is 5.91 Å². The quantitative estimate of drug-likeness (QED) is 0.529. The van der Waals surface area contributed by atoms with E-state index in [1.54, 1.807) is 18.2 Å². The van der Waals surface area contributed by atoms with E-state index in [0.29, 0.717) is 0 Å². The molecule has 2 aliphatic rings. The zero-order valence-corrected chi connectivity index (χ0v) is 20.2. The molecular formula is C26H34N2O5S. The third-order valence-corrected chi connectivity index (χ3v) is 8.59. The molecule has 3 atom stereocenters. The van der Waals surface area contributed by atoms with E-state index < -0.39 is 33.7 Å². The van der Waals surface area contributed by atoms with Crippen LogP contribution in [0.2, 0.25) is 0 Å². The zero-order chi connectivity index (χ0) is 24.1. The molecule has 2 aromatic carbocycles. The maximum Gasteiger partial charge on any atom is 0.252 e. The Morgan fingerprint density at radius 1 is 1.03 bits per heavy atom. The van der Waals surface area contributed by atoms with Crippen molar-refractivity contribution in [3.63, 3.8) is 0 Å². The number of carbonyl (C=O) groups is 1. The fraction of sp³-hybridized carbons (Fsp3) is 0.500. The Balaban J connectivity index is 1.38. The van der Waals surface area contributed by atoms with Gasteiger partial charge in [0, 0.05) is 6.54 Å². The molecule has 7 nitrogen and oxygen atoms in total. The monoisotopic (exact) mass is 486 g/mol. The number of rotatable bonds is 8. The molecule has 1 amide bonds. The number of likely N-dealkylation sites (tertiary alicyclic amines) is 1. The molecule has 4 rings (SSSR count). The van der Waals surface area contributed by atoms with E-state index in [4.69, 9.17) is 0 Å². The smallest absolute Gasteiger partial charge is 0.252 e. The van der Waals surface area contributed by atoms with Gasteiger partial charge in [0.1, 0.15) is 6.10 Å². The minimum Gasteiger partial charge on any atom is -0.389 e. The molecule has 0 aromatic heterocycles. The summed E-state index contributed by atoms with van der Waals surface area (Å²) in [4.78, 5) is 15.2. The van der Waals surface area contributed by atoms with Gasteiger partial charge in [0.2, 0.25) is 0 Å². The molecule has 8 heteroatoms. The Labute approximate surface area is 201 Å². The largest absolute Gasteiger partial charge is 0.389 e. The van der Waals surface area contributed by atoms with E-state index >= 15 is 0 Å². The Bertz CT molecular complexity index is 1080. The van der Waals surface area contributed by atoms with Crippen LogP contribution in [0.25, 0.3) is 0 Å². The van der Waals surface area contributed by atoms with Crippen LogP contribution in [0.5, 0.6) is 0 Å². The highest BCUT2D eigenvalue weighted by Gasteiger charge is 2.32. The van der Waals surface area contributed by atoms with Gasteiger partial charge in [-0.2, -0.15) is 0 Å². The normalized spacial score (nSPS) is 20.8. The highest BCUT2D eigenvalue weighted by molar-refractivity contribution is 7.91. The van der Waals surface area contributed by atoms with Crippen molar-refractivity contribution in [3.8, 4) is 0 Å². The van der Waals surface area contributed by atoms with E-state index in [1.807, 2.05) is 0 Å². The SMILES string of the molecule is O=C(N[C@@H]1CCCc2cc(CN3CCCCC3)ccc21)[C@H](O)[C@H](O)CS(=O)(=O)c1ccccc1. The first-order valence-corrected chi connectivity index (χ1v) is 13.8. The number of sulfone groups is 1. The van der Waals surface area contributed by atoms with Gasteiger partial charge in [0.05, 0.1) is 16.7 Å². The second kappa shape index (κ2) is 11.0. The summed E-state index contributed by atoms with van der Waals surface area (Å²) in [6, 6.07) is 13.8. The van der Waals surface area contributed by atoms with E-state index in [9.17, 15) is 23.4 Å². The molecule has 0 saturated carbocycles. The second-order valence-corrected chi connectivity index (χ2v) is 11.5. The first-order chi connectivity index (χ1) is 16.3. The summed E-state index contributed by atoms with van der Waals surface area (Å²) in [5.41, 5.74) is 3.50. The Kier molecular flexibility index (Phi) is 8.03. The van der Waals surface area contributed by atoms with Gasteiger partial charge in [0.15, 0.2) is 15.9 Å². The highest BCUT2D eigenvalue weighted by Crippen LogP contribution is 2.31. The molecule has 1 aliphatic heterocycles. The van der Waals surface area contributed by atoms with Gasteiger partial charge in [-0.3, -0.25) is 9.69 Å². The molecular weight excluding hydrogens is 452 g/mol. The predicted octanol–water partition coefficient (Wildman–Crippen LogP) is 2.36. The van der Waals surface area contributed by atoms with Crippen LogP contribution in [-0.2, 0) is 27.6 Å². The topological polar surface area (TPSA) is 107 Å². The number of fused-ring (bicyclic) bond motifs is 1. The van der Waals surface area contributed by atoms with Crippen LogP contribution in [-0.4, -0.2) is 60.5 Å². The molecule has 1 fully saturated rings. The van der Waals surface area contributed by atoms with Crippen molar-refractivity contribution in [2.24, 2.45) is 0 Å². The Hall–Kier alpha value is -2.26. The van der Waals surface area contributed by atoms with Crippen molar-refractivity contribution in [1.29, 1.82) is 0 Å². The van der Waals surface area contributed by atoms with Gasteiger partial charge in [-0.15, -0.1) is 0 Å². The van der Waals surface area contributed by atoms with Crippen molar-refractivity contribution in [3.05, 3.63) is 65.2 Å². The summed E-state index contributed by atoms with van der Waals surface area (Å²) in [6.45, 7) is 3.21. The van der Waals surface area contributed by atoms with E-state index in [1.165, 1.54) is 42.5 Å². The van der Waals surface area contributed by atoms with Crippen molar-refractivity contribution in [1.82, 2.24) is 10.2 Å². The fourth-order valence-electron chi connectivity index (χ4n) is 4.96. The van der Waals surface area contributed by atoms with E-state index in [2.05, 4.69) is 28.4 Å². The Morgan fingerprint density at radius 3 is 2.50 bits per heavy atom. The summed E-state index contributed by atoms with van der Waals surface area (Å²) in [7, 11) is -3.83. The second-order valence-electron chi connectivity index (χ2n) is 9.43. The molecule has 0 unspecified atom stereocenters. The van der Waals surface area contributed by atoms with Crippen LogP contribution >= 0.6 is 0 Å². The number of benzene rings is 2. The summed E-state index contributed by atoms with van der Waals surface area (Å²) < 4.78 is 25.0. The summed E-state index contributed by atoms with van der Waals surface area (Å²) in [5.74, 6) is -1.49. The predicted molar refractivity (Wildman–Crippen MR) is 130 cm³/mol. The van der Waals surface area contributed by atoms with Gasteiger partial charge >= 0.3 is 0 Å². The number of aliphatic hydroxyl groups excluding tert-OH is 2. The van der Waals surface area contributed by atoms with E-state index in [0.717, 1.165) is 44.5 Å². The van der Waals surface area contributed by atoms with Crippen molar-refractivity contribution in [2.75, 3.05) is 18.8 Å². The molecule has 0 radical (unpaired) electrons. The highest BCUT2D eigenvalue weighted by atomic mass is 32.2. The number of piperidine rings is 1. The molecule has 0 bridgehead atoms. The Morgan fingerprint density at radius 2 is 1.76 bits per heavy atom. The first kappa shape index (κ1) is 24.9. The van der Waals surface area contributed by atoms with Crippen molar-refractivity contribution >= 4 is 15.7 Å². The molecule has 1 saturated heterocycles.